The first kappa shape index (κ1) is 26.7. The molecule has 3 rings (SSSR count). The molecular weight excluding hydrogens is 496 g/mol. The van der Waals surface area contributed by atoms with E-state index < -0.39 is 60.1 Å². The number of carbonyl (C=O) groups excluding carboxylic acids is 1. The van der Waals surface area contributed by atoms with Gasteiger partial charge in [-0.15, -0.1) is 0 Å². The van der Waals surface area contributed by atoms with E-state index in [0.29, 0.717) is 30.0 Å². The van der Waals surface area contributed by atoms with Crippen LogP contribution in [0.25, 0.3) is 0 Å². The molecule has 2 atom stereocenters. The maximum atomic E-state index is 13.7. The average Bonchev–Trinajstić information content (AvgIpc) is 2.84. The quantitative estimate of drug-likeness (QED) is 0.350. The molecule has 36 heavy (non-hydrogen) atoms. The average molecular weight is 521 g/mol. The number of sulfonamides is 1. The lowest BCUT2D eigenvalue weighted by Gasteiger charge is -2.35. The molecule has 1 amide bonds. The largest absolute Gasteiger partial charge is 0.480 e. The van der Waals surface area contributed by atoms with Crippen LogP contribution in [0.15, 0.2) is 47.4 Å². The molecule has 2 aromatic carbocycles. The van der Waals surface area contributed by atoms with E-state index in [-0.39, 0.29) is 19.4 Å². The Morgan fingerprint density at radius 2 is 1.81 bits per heavy atom. The standard InChI is InChI=1S/C22H24N4O9S/c1-2-3-8-17(22(28)29)23-21(27)19-11-14-6-4-5-7-15(14)13-24(19)36(34,35)20-10-9-16(25(30)31)12-18(20)26(32)33/h4-7,9-10,12,17,19H,2-3,8,11,13H2,1H3,(H,23,27)(H,28,29)/t17?,19-/m0/s1. The molecule has 0 bridgehead atoms. The third-order valence-corrected chi connectivity index (χ3v) is 7.81. The first-order valence-corrected chi connectivity index (χ1v) is 12.5. The Morgan fingerprint density at radius 1 is 1.14 bits per heavy atom. The summed E-state index contributed by atoms with van der Waals surface area (Å²) in [5.41, 5.74) is -0.439. The number of carboxylic acids is 1. The van der Waals surface area contributed by atoms with Gasteiger partial charge in [-0.2, -0.15) is 4.31 Å². The fourth-order valence-corrected chi connectivity index (χ4v) is 5.72. The van der Waals surface area contributed by atoms with E-state index in [2.05, 4.69) is 5.32 Å². The number of carbonyl (C=O) groups is 2. The number of unbranched alkanes of at least 4 members (excludes halogenated alkanes) is 1. The van der Waals surface area contributed by atoms with Crippen molar-refractivity contribution in [2.75, 3.05) is 0 Å². The molecular formula is C22H24N4O9S. The van der Waals surface area contributed by atoms with Gasteiger partial charge in [-0.25, -0.2) is 13.2 Å². The molecule has 0 fully saturated rings. The van der Waals surface area contributed by atoms with Crippen LogP contribution in [0.2, 0.25) is 0 Å². The molecule has 13 nitrogen and oxygen atoms in total. The van der Waals surface area contributed by atoms with Gasteiger partial charge in [-0.1, -0.05) is 44.0 Å². The molecule has 192 valence electrons. The second-order valence-corrected chi connectivity index (χ2v) is 10.1. The number of hydrogen-bond acceptors (Lipinski definition) is 8. The fraction of sp³-hybridized carbons (Fsp3) is 0.364. The first-order chi connectivity index (χ1) is 17.0. The lowest BCUT2D eigenvalue weighted by atomic mass is 9.95. The van der Waals surface area contributed by atoms with Crippen LogP contribution >= 0.6 is 0 Å². The molecule has 0 aromatic heterocycles. The highest BCUT2D eigenvalue weighted by atomic mass is 32.2. The van der Waals surface area contributed by atoms with Crippen molar-refractivity contribution in [1.29, 1.82) is 0 Å². The lowest BCUT2D eigenvalue weighted by Crippen LogP contribution is -2.55. The zero-order valence-corrected chi connectivity index (χ0v) is 20.0. The highest BCUT2D eigenvalue weighted by Gasteiger charge is 2.43. The van der Waals surface area contributed by atoms with E-state index in [4.69, 9.17) is 0 Å². The summed E-state index contributed by atoms with van der Waals surface area (Å²) in [6, 6.07) is 6.24. The second kappa shape index (κ2) is 10.8. The lowest BCUT2D eigenvalue weighted by molar-refractivity contribution is -0.396. The van der Waals surface area contributed by atoms with Crippen LogP contribution < -0.4 is 5.32 Å². The van der Waals surface area contributed by atoms with Crippen molar-refractivity contribution >= 4 is 33.3 Å². The second-order valence-electron chi connectivity index (χ2n) is 8.25. The minimum atomic E-state index is -4.73. The summed E-state index contributed by atoms with van der Waals surface area (Å²) < 4.78 is 28.1. The SMILES string of the molecule is CCCCC(NC(=O)[C@@H]1Cc2ccccc2CN1S(=O)(=O)c1ccc([N+](=O)[O-])cc1[N+](=O)[O-])C(=O)O. The molecule has 0 spiro atoms. The number of amides is 1. The molecule has 0 radical (unpaired) electrons. The van der Waals surface area contributed by atoms with Gasteiger partial charge in [-0.3, -0.25) is 25.0 Å². The number of nitro benzene ring substituents is 2. The summed E-state index contributed by atoms with van der Waals surface area (Å²) in [5, 5.41) is 34.6. The van der Waals surface area contributed by atoms with Gasteiger partial charge in [0.15, 0.2) is 4.90 Å². The summed E-state index contributed by atoms with van der Waals surface area (Å²) in [7, 11) is -4.73. The Kier molecular flexibility index (Phi) is 8.00. The molecule has 2 aromatic rings. The van der Waals surface area contributed by atoms with Crippen molar-refractivity contribution in [1.82, 2.24) is 9.62 Å². The van der Waals surface area contributed by atoms with Crippen LogP contribution in [0.1, 0.15) is 37.3 Å². The first-order valence-electron chi connectivity index (χ1n) is 11.0. The molecule has 0 saturated heterocycles. The van der Waals surface area contributed by atoms with Crippen molar-refractivity contribution < 1.29 is 33.0 Å². The molecule has 14 heteroatoms. The third kappa shape index (κ3) is 5.49. The molecule has 1 aliphatic rings. The summed E-state index contributed by atoms with van der Waals surface area (Å²) in [5.74, 6) is -2.13. The minimum Gasteiger partial charge on any atom is -0.480 e. The number of aliphatic carboxylic acids is 1. The van der Waals surface area contributed by atoms with Crippen LogP contribution in [-0.2, 0) is 32.6 Å². The Hall–Kier alpha value is -3.91. The number of nitro groups is 2. The summed E-state index contributed by atoms with van der Waals surface area (Å²) in [6.45, 7) is 1.54. The van der Waals surface area contributed by atoms with Crippen molar-refractivity contribution in [2.24, 2.45) is 0 Å². The van der Waals surface area contributed by atoms with E-state index in [9.17, 15) is 43.3 Å². The number of hydrogen-bond donors (Lipinski definition) is 2. The van der Waals surface area contributed by atoms with Crippen LogP contribution in [0.4, 0.5) is 11.4 Å². The molecule has 1 heterocycles. The van der Waals surface area contributed by atoms with Crippen molar-refractivity contribution in [3.8, 4) is 0 Å². The zero-order chi connectivity index (χ0) is 26.6. The van der Waals surface area contributed by atoms with Gasteiger partial charge >= 0.3 is 5.97 Å². The van der Waals surface area contributed by atoms with Gasteiger partial charge in [0.05, 0.1) is 15.9 Å². The number of nitrogens with one attached hydrogen (secondary N) is 1. The van der Waals surface area contributed by atoms with E-state index in [0.717, 1.165) is 16.4 Å². The molecule has 0 aliphatic carbocycles. The van der Waals surface area contributed by atoms with Crippen molar-refractivity contribution in [2.45, 2.75) is 56.1 Å². The minimum absolute atomic E-state index is 0.0951. The van der Waals surface area contributed by atoms with Gasteiger partial charge < -0.3 is 10.4 Å². The van der Waals surface area contributed by atoms with E-state index in [1.165, 1.54) is 0 Å². The summed E-state index contributed by atoms with van der Waals surface area (Å²) in [6.07, 6.45) is 1.24. The molecule has 1 aliphatic heterocycles. The van der Waals surface area contributed by atoms with E-state index in [1.807, 2.05) is 6.92 Å². The number of carboxylic acid groups (broad SMARTS) is 1. The Bertz CT molecular complexity index is 1310. The van der Waals surface area contributed by atoms with Crippen LogP contribution in [0, 0.1) is 20.2 Å². The summed E-state index contributed by atoms with van der Waals surface area (Å²) >= 11 is 0. The van der Waals surface area contributed by atoms with Crippen molar-refractivity contribution in [3.63, 3.8) is 0 Å². The Labute approximate surface area is 206 Å². The monoisotopic (exact) mass is 520 g/mol. The number of fused-ring (bicyclic) bond motifs is 1. The number of non-ortho nitro benzene ring substituents is 1. The van der Waals surface area contributed by atoms with Gasteiger partial charge in [0.2, 0.25) is 5.91 Å². The third-order valence-electron chi connectivity index (χ3n) is 5.91. The highest BCUT2D eigenvalue weighted by Crippen LogP contribution is 2.35. The Morgan fingerprint density at radius 3 is 2.39 bits per heavy atom. The maximum absolute atomic E-state index is 13.7. The van der Waals surface area contributed by atoms with Gasteiger partial charge in [0, 0.05) is 12.6 Å². The normalized spacial score (nSPS) is 16.5. The van der Waals surface area contributed by atoms with Crippen LogP contribution in [-0.4, -0.2) is 51.6 Å². The number of benzene rings is 2. The van der Waals surface area contributed by atoms with Gasteiger partial charge in [0.1, 0.15) is 12.1 Å². The molecule has 2 N–H and O–H groups in total. The van der Waals surface area contributed by atoms with Crippen molar-refractivity contribution in [3.05, 3.63) is 73.8 Å². The number of nitrogens with zero attached hydrogens (tertiary/aromatic N) is 3. The predicted octanol–water partition coefficient (Wildman–Crippen LogP) is 2.38. The van der Waals surface area contributed by atoms with E-state index in [1.54, 1.807) is 24.3 Å². The zero-order valence-electron chi connectivity index (χ0n) is 19.2. The topological polar surface area (TPSA) is 190 Å². The molecule has 1 unspecified atom stereocenters. The highest BCUT2D eigenvalue weighted by molar-refractivity contribution is 7.89. The fourth-order valence-electron chi connectivity index (χ4n) is 4.02. The molecule has 0 saturated carbocycles. The Balaban J connectivity index is 2.07. The van der Waals surface area contributed by atoms with Gasteiger partial charge in [-0.05, 0) is 30.0 Å². The maximum Gasteiger partial charge on any atom is 0.326 e. The van der Waals surface area contributed by atoms with Crippen LogP contribution in [0.5, 0.6) is 0 Å². The van der Waals surface area contributed by atoms with E-state index >= 15 is 0 Å². The number of rotatable bonds is 10. The van der Waals surface area contributed by atoms with Gasteiger partial charge in [0.25, 0.3) is 21.4 Å². The predicted molar refractivity (Wildman–Crippen MR) is 126 cm³/mol. The van der Waals surface area contributed by atoms with Crippen LogP contribution in [0.3, 0.4) is 0 Å². The summed E-state index contributed by atoms with van der Waals surface area (Å²) in [4.78, 5) is 44.8. The smallest absolute Gasteiger partial charge is 0.326 e.